The Hall–Kier alpha value is -2.23. The van der Waals surface area contributed by atoms with Crippen molar-refractivity contribution in [3.05, 3.63) is 24.0 Å². The molecule has 122 valence electrons. The first-order chi connectivity index (χ1) is 11.0. The molecule has 1 aromatic heterocycles. The SMILES string of the molecule is N#Cc1ccc(N2CCC(C(=O)N3CCC(F)(F)CC3)C2)cn1. The molecule has 1 unspecified atom stereocenters. The van der Waals surface area contributed by atoms with E-state index in [0.717, 1.165) is 12.2 Å². The van der Waals surface area contributed by atoms with Gasteiger partial charge in [-0.05, 0) is 18.6 Å². The zero-order valence-electron chi connectivity index (χ0n) is 12.7. The van der Waals surface area contributed by atoms with Crippen LogP contribution in [-0.4, -0.2) is 47.9 Å². The van der Waals surface area contributed by atoms with E-state index in [9.17, 15) is 13.6 Å². The number of anilines is 1. The summed E-state index contributed by atoms with van der Waals surface area (Å²) in [5.41, 5.74) is 1.24. The lowest BCUT2D eigenvalue weighted by Gasteiger charge is -2.33. The normalized spacial score (nSPS) is 23.6. The van der Waals surface area contributed by atoms with Crippen LogP contribution < -0.4 is 4.90 Å². The van der Waals surface area contributed by atoms with Crippen molar-refractivity contribution >= 4 is 11.6 Å². The van der Waals surface area contributed by atoms with E-state index in [1.165, 1.54) is 0 Å². The minimum Gasteiger partial charge on any atom is -0.369 e. The van der Waals surface area contributed by atoms with Crippen LogP contribution in [0.1, 0.15) is 25.0 Å². The summed E-state index contributed by atoms with van der Waals surface area (Å²) in [5.74, 6) is -2.81. The molecule has 1 atom stereocenters. The molecular formula is C16H18F2N4O. The maximum Gasteiger partial charge on any atom is 0.251 e. The molecule has 3 rings (SSSR count). The standard InChI is InChI=1S/C16H18F2N4O/c17-16(18)4-7-21(8-5-16)15(23)12-3-6-22(11-12)14-2-1-13(9-19)20-10-14/h1-2,10,12H,3-8,11H2. The number of nitrogens with zero attached hydrogens (tertiary/aromatic N) is 4. The molecule has 0 spiro atoms. The third kappa shape index (κ3) is 3.41. The number of carbonyl (C=O) groups is 1. The largest absolute Gasteiger partial charge is 0.369 e. The molecule has 0 bridgehead atoms. The molecule has 1 amide bonds. The molecule has 2 fully saturated rings. The number of nitriles is 1. The van der Waals surface area contributed by atoms with Crippen LogP contribution in [0.4, 0.5) is 14.5 Å². The number of rotatable bonds is 2. The van der Waals surface area contributed by atoms with Crippen LogP contribution in [0, 0.1) is 17.2 Å². The minimum absolute atomic E-state index is 0.0235. The number of hydrogen-bond donors (Lipinski definition) is 0. The second-order valence-corrected chi connectivity index (χ2v) is 6.13. The Morgan fingerprint density at radius 3 is 2.65 bits per heavy atom. The fourth-order valence-corrected chi connectivity index (χ4v) is 3.15. The van der Waals surface area contributed by atoms with Gasteiger partial charge in [-0.3, -0.25) is 4.79 Å². The van der Waals surface area contributed by atoms with Crippen LogP contribution >= 0.6 is 0 Å². The summed E-state index contributed by atoms with van der Waals surface area (Å²) in [5, 5.41) is 8.76. The smallest absolute Gasteiger partial charge is 0.251 e. The number of amides is 1. The van der Waals surface area contributed by atoms with E-state index in [1.54, 1.807) is 17.2 Å². The Labute approximate surface area is 133 Å². The van der Waals surface area contributed by atoms with Crippen LogP contribution in [0.3, 0.4) is 0 Å². The summed E-state index contributed by atoms with van der Waals surface area (Å²) in [7, 11) is 0. The van der Waals surface area contributed by atoms with Crippen molar-refractivity contribution in [2.45, 2.75) is 25.2 Å². The molecule has 2 aliphatic heterocycles. The molecule has 0 saturated carbocycles. The van der Waals surface area contributed by atoms with Gasteiger partial charge in [-0.15, -0.1) is 0 Å². The van der Waals surface area contributed by atoms with Gasteiger partial charge in [-0.1, -0.05) is 0 Å². The van der Waals surface area contributed by atoms with Crippen molar-refractivity contribution in [1.29, 1.82) is 5.26 Å². The van der Waals surface area contributed by atoms with Gasteiger partial charge in [-0.25, -0.2) is 13.8 Å². The number of carbonyl (C=O) groups excluding carboxylic acids is 1. The topological polar surface area (TPSA) is 60.2 Å². The van der Waals surface area contributed by atoms with Gasteiger partial charge in [0, 0.05) is 39.0 Å². The molecule has 1 aromatic rings. The molecule has 5 nitrogen and oxygen atoms in total. The Bertz CT molecular complexity index is 616. The minimum atomic E-state index is -2.63. The van der Waals surface area contributed by atoms with Crippen LogP contribution in [0.2, 0.25) is 0 Å². The highest BCUT2D eigenvalue weighted by molar-refractivity contribution is 5.80. The fourth-order valence-electron chi connectivity index (χ4n) is 3.15. The highest BCUT2D eigenvalue weighted by atomic mass is 19.3. The summed E-state index contributed by atoms with van der Waals surface area (Å²) in [6, 6.07) is 5.44. The fraction of sp³-hybridized carbons (Fsp3) is 0.562. The van der Waals surface area contributed by atoms with E-state index in [1.807, 2.05) is 12.1 Å². The Kier molecular flexibility index (Phi) is 4.16. The van der Waals surface area contributed by atoms with Gasteiger partial charge < -0.3 is 9.80 Å². The van der Waals surface area contributed by atoms with E-state index in [-0.39, 0.29) is 37.8 Å². The maximum atomic E-state index is 13.2. The molecule has 0 aromatic carbocycles. The van der Waals surface area contributed by atoms with Gasteiger partial charge in [0.25, 0.3) is 5.92 Å². The Morgan fingerprint density at radius 1 is 1.30 bits per heavy atom. The highest BCUT2D eigenvalue weighted by Crippen LogP contribution is 2.30. The third-order valence-electron chi connectivity index (χ3n) is 4.57. The van der Waals surface area contributed by atoms with Crippen LogP contribution in [0.5, 0.6) is 0 Å². The van der Waals surface area contributed by atoms with Gasteiger partial charge in [0.2, 0.25) is 5.91 Å². The number of aromatic nitrogens is 1. The number of hydrogen-bond acceptors (Lipinski definition) is 4. The van der Waals surface area contributed by atoms with E-state index in [0.29, 0.717) is 18.7 Å². The lowest BCUT2D eigenvalue weighted by molar-refractivity contribution is -0.140. The molecule has 2 saturated heterocycles. The summed E-state index contributed by atoms with van der Waals surface area (Å²) in [6.07, 6.45) is 1.86. The number of pyridine rings is 1. The molecule has 0 aliphatic carbocycles. The molecule has 0 radical (unpaired) electrons. The van der Waals surface area contributed by atoms with Gasteiger partial charge >= 0.3 is 0 Å². The lowest BCUT2D eigenvalue weighted by atomic mass is 10.0. The average molecular weight is 320 g/mol. The van der Waals surface area contributed by atoms with Gasteiger partial charge in [0.15, 0.2) is 0 Å². The number of halogens is 2. The Morgan fingerprint density at radius 2 is 2.04 bits per heavy atom. The first-order valence-corrected chi connectivity index (χ1v) is 7.76. The number of alkyl halides is 2. The monoisotopic (exact) mass is 320 g/mol. The quantitative estimate of drug-likeness (QED) is 0.837. The number of piperidine rings is 1. The predicted molar refractivity (Wildman–Crippen MR) is 80.0 cm³/mol. The summed E-state index contributed by atoms with van der Waals surface area (Å²) >= 11 is 0. The molecule has 7 heteroatoms. The van der Waals surface area contributed by atoms with Gasteiger partial charge in [0.05, 0.1) is 17.8 Å². The van der Waals surface area contributed by atoms with E-state index in [4.69, 9.17) is 5.26 Å². The van der Waals surface area contributed by atoms with Gasteiger partial charge in [-0.2, -0.15) is 5.26 Å². The van der Waals surface area contributed by atoms with Crippen molar-refractivity contribution in [2.75, 3.05) is 31.1 Å². The lowest BCUT2D eigenvalue weighted by Crippen LogP contribution is -2.45. The Balaban J connectivity index is 1.59. The van der Waals surface area contributed by atoms with Crippen LogP contribution in [-0.2, 0) is 4.79 Å². The first-order valence-electron chi connectivity index (χ1n) is 7.76. The summed E-state index contributed by atoms with van der Waals surface area (Å²) in [6.45, 7) is 1.58. The molecule has 23 heavy (non-hydrogen) atoms. The maximum absolute atomic E-state index is 13.2. The van der Waals surface area contributed by atoms with E-state index in [2.05, 4.69) is 9.88 Å². The van der Waals surface area contributed by atoms with Gasteiger partial charge in [0.1, 0.15) is 11.8 Å². The highest BCUT2D eigenvalue weighted by Gasteiger charge is 2.38. The van der Waals surface area contributed by atoms with Crippen LogP contribution in [0.25, 0.3) is 0 Å². The average Bonchev–Trinajstić information content (AvgIpc) is 3.04. The van der Waals surface area contributed by atoms with Crippen molar-refractivity contribution in [3.63, 3.8) is 0 Å². The molecule has 3 heterocycles. The third-order valence-corrected chi connectivity index (χ3v) is 4.57. The zero-order chi connectivity index (χ0) is 16.4. The molecular weight excluding hydrogens is 302 g/mol. The second kappa shape index (κ2) is 6.11. The van der Waals surface area contributed by atoms with Crippen molar-refractivity contribution in [1.82, 2.24) is 9.88 Å². The molecule has 0 N–H and O–H groups in total. The zero-order valence-corrected chi connectivity index (χ0v) is 12.7. The molecule has 2 aliphatic rings. The van der Waals surface area contributed by atoms with Crippen molar-refractivity contribution in [3.8, 4) is 6.07 Å². The van der Waals surface area contributed by atoms with E-state index < -0.39 is 5.92 Å². The summed E-state index contributed by atoms with van der Waals surface area (Å²) < 4.78 is 26.4. The summed E-state index contributed by atoms with van der Waals surface area (Å²) in [4.78, 5) is 20.1. The van der Waals surface area contributed by atoms with Crippen molar-refractivity contribution < 1.29 is 13.6 Å². The van der Waals surface area contributed by atoms with E-state index >= 15 is 0 Å². The second-order valence-electron chi connectivity index (χ2n) is 6.13. The van der Waals surface area contributed by atoms with Crippen molar-refractivity contribution in [2.24, 2.45) is 5.92 Å². The predicted octanol–water partition coefficient (Wildman–Crippen LogP) is 2.04. The number of likely N-dealkylation sites (tertiary alicyclic amines) is 1. The first kappa shape index (κ1) is 15.7. The van der Waals surface area contributed by atoms with Crippen LogP contribution in [0.15, 0.2) is 18.3 Å².